The Kier molecular flexibility index (Phi) is 6.27. The Morgan fingerprint density at radius 2 is 2.04 bits per heavy atom. The molecule has 7 heteroatoms. The highest BCUT2D eigenvalue weighted by atomic mass is 16.5. The Balaban J connectivity index is 2.67. The van der Waals surface area contributed by atoms with E-state index in [1.807, 2.05) is 0 Å². The zero-order valence-electron chi connectivity index (χ0n) is 14.6. The summed E-state index contributed by atoms with van der Waals surface area (Å²) >= 11 is 0. The van der Waals surface area contributed by atoms with Crippen LogP contribution in [0.5, 0.6) is 5.75 Å². The Bertz CT molecular complexity index is 741. The molecular formula is C19H21NO6. The monoisotopic (exact) mass is 359 g/mol. The van der Waals surface area contributed by atoms with Gasteiger partial charge in [-0.25, -0.2) is 0 Å². The van der Waals surface area contributed by atoms with Crippen LogP contribution in [0, 0.1) is 11.8 Å². The maximum atomic E-state index is 12.4. The van der Waals surface area contributed by atoms with Crippen LogP contribution in [0.4, 0.5) is 0 Å². The molecular weight excluding hydrogens is 338 g/mol. The average molecular weight is 359 g/mol. The lowest BCUT2D eigenvalue weighted by molar-refractivity contribution is -0.150. The molecule has 0 bridgehead atoms. The molecule has 1 N–H and O–H groups in total. The minimum Gasteiger partial charge on any atom is -0.489 e. The molecule has 7 nitrogen and oxygen atoms in total. The SMILES string of the molecule is C=CCOc1ccccc1C1C(C(=O)O)C(C)=NC(C=O)C1C(=O)OC. The fourth-order valence-electron chi connectivity index (χ4n) is 3.35. The van der Waals surface area contributed by atoms with E-state index in [1.165, 1.54) is 7.11 Å². The van der Waals surface area contributed by atoms with Crippen molar-refractivity contribution in [3.63, 3.8) is 0 Å². The van der Waals surface area contributed by atoms with Crippen LogP contribution in [0.1, 0.15) is 18.4 Å². The van der Waals surface area contributed by atoms with E-state index >= 15 is 0 Å². The van der Waals surface area contributed by atoms with Crippen LogP contribution in [0.2, 0.25) is 0 Å². The molecule has 1 aliphatic rings. The van der Waals surface area contributed by atoms with Crippen molar-refractivity contribution in [3.8, 4) is 5.75 Å². The van der Waals surface area contributed by atoms with Crippen LogP contribution >= 0.6 is 0 Å². The van der Waals surface area contributed by atoms with Gasteiger partial charge in [-0.05, 0) is 18.6 Å². The Hall–Kier alpha value is -2.96. The van der Waals surface area contributed by atoms with Gasteiger partial charge in [-0.1, -0.05) is 30.9 Å². The summed E-state index contributed by atoms with van der Waals surface area (Å²) in [4.78, 5) is 40.0. The molecule has 0 spiro atoms. The van der Waals surface area contributed by atoms with Crippen LogP contribution in [0.25, 0.3) is 0 Å². The van der Waals surface area contributed by atoms with Gasteiger partial charge in [-0.3, -0.25) is 14.6 Å². The maximum absolute atomic E-state index is 12.4. The summed E-state index contributed by atoms with van der Waals surface area (Å²) in [6, 6.07) is 5.82. The van der Waals surface area contributed by atoms with Gasteiger partial charge in [0.25, 0.3) is 0 Å². The molecule has 0 saturated heterocycles. The van der Waals surface area contributed by atoms with Crippen molar-refractivity contribution in [2.45, 2.75) is 18.9 Å². The smallest absolute Gasteiger partial charge is 0.312 e. The Labute approximate surface area is 151 Å². The maximum Gasteiger partial charge on any atom is 0.312 e. The van der Waals surface area contributed by atoms with Gasteiger partial charge in [0.2, 0.25) is 0 Å². The van der Waals surface area contributed by atoms with Crippen molar-refractivity contribution >= 4 is 23.9 Å². The molecule has 1 heterocycles. The number of esters is 1. The fraction of sp³-hybridized carbons (Fsp3) is 0.368. The molecule has 1 aromatic carbocycles. The van der Waals surface area contributed by atoms with Crippen LogP contribution in [-0.2, 0) is 19.1 Å². The van der Waals surface area contributed by atoms with E-state index in [0.717, 1.165) is 0 Å². The average Bonchev–Trinajstić information content (AvgIpc) is 2.64. The normalized spacial score (nSPS) is 24.9. The van der Waals surface area contributed by atoms with Gasteiger partial charge < -0.3 is 19.4 Å². The lowest BCUT2D eigenvalue weighted by atomic mass is 9.70. The highest BCUT2D eigenvalue weighted by molar-refractivity contribution is 6.04. The number of methoxy groups -OCH3 is 1. The van der Waals surface area contributed by atoms with Crippen molar-refractivity contribution in [1.29, 1.82) is 0 Å². The van der Waals surface area contributed by atoms with Crippen LogP contribution < -0.4 is 4.74 Å². The summed E-state index contributed by atoms with van der Waals surface area (Å²) in [5, 5.41) is 9.76. The number of hydrogen-bond acceptors (Lipinski definition) is 6. The fourth-order valence-corrected chi connectivity index (χ4v) is 3.35. The van der Waals surface area contributed by atoms with Gasteiger partial charge in [0.15, 0.2) is 0 Å². The van der Waals surface area contributed by atoms with E-state index in [4.69, 9.17) is 9.47 Å². The van der Waals surface area contributed by atoms with E-state index in [0.29, 0.717) is 17.6 Å². The topological polar surface area (TPSA) is 102 Å². The first-order valence-corrected chi connectivity index (χ1v) is 8.09. The van der Waals surface area contributed by atoms with E-state index in [2.05, 4.69) is 11.6 Å². The van der Waals surface area contributed by atoms with Crippen LogP contribution in [-0.4, -0.2) is 48.8 Å². The second-order valence-corrected chi connectivity index (χ2v) is 5.93. The first-order chi connectivity index (χ1) is 12.5. The zero-order valence-corrected chi connectivity index (χ0v) is 14.6. The van der Waals surface area contributed by atoms with Gasteiger partial charge in [0.1, 0.15) is 30.6 Å². The third-order valence-corrected chi connectivity index (χ3v) is 4.43. The van der Waals surface area contributed by atoms with Gasteiger partial charge in [-0.15, -0.1) is 0 Å². The second kappa shape index (κ2) is 8.42. The van der Waals surface area contributed by atoms with E-state index < -0.39 is 35.7 Å². The van der Waals surface area contributed by atoms with Crippen molar-refractivity contribution in [2.24, 2.45) is 16.8 Å². The number of aliphatic carboxylic acids is 1. The molecule has 4 unspecified atom stereocenters. The summed E-state index contributed by atoms with van der Waals surface area (Å²) in [7, 11) is 1.20. The number of carboxylic acid groups (broad SMARTS) is 1. The molecule has 0 saturated carbocycles. The third-order valence-electron chi connectivity index (χ3n) is 4.43. The van der Waals surface area contributed by atoms with Gasteiger partial charge in [0, 0.05) is 11.6 Å². The van der Waals surface area contributed by atoms with Crippen LogP contribution in [0.3, 0.4) is 0 Å². The summed E-state index contributed by atoms with van der Waals surface area (Å²) in [5.41, 5.74) is 0.788. The summed E-state index contributed by atoms with van der Waals surface area (Å²) in [5.74, 6) is -4.38. The molecule has 138 valence electrons. The van der Waals surface area contributed by atoms with E-state index in [-0.39, 0.29) is 12.3 Å². The number of carboxylic acids is 1. The number of hydrogen-bond donors (Lipinski definition) is 1. The third kappa shape index (κ3) is 3.66. The predicted octanol–water partition coefficient (Wildman–Crippen LogP) is 1.87. The number of benzene rings is 1. The standard InChI is InChI=1S/C19H21NO6/c1-4-9-26-14-8-6-5-7-12(14)16-15(18(22)23)11(2)20-13(10-21)17(16)19(24)25-3/h4-8,10,13,15-17H,1,9H2,2-3H3,(H,22,23). The summed E-state index contributed by atoms with van der Waals surface area (Å²) < 4.78 is 10.5. The minimum absolute atomic E-state index is 0.217. The quantitative estimate of drug-likeness (QED) is 0.453. The number of rotatable bonds is 7. The lowest BCUT2D eigenvalue weighted by Crippen LogP contribution is -2.46. The first-order valence-electron chi connectivity index (χ1n) is 8.09. The summed E-state index contributed by atoms with van der Waals surface area (Å²) in [6.45, 7) is 5.36. The molecule has 0 fully saturated rings. The first kappa shape index (κ1) is 19.4. The lowest BCUT2D eigenvalue weighted by Gasteiger charge is -2.36. The van der Waals surface area contributed by atoms with Crippen molar-refractivity contribution in [3.05, 3.63) is 42.5 Å². The van der Waals surface area contributed by atoms with Crippen molar-refractivity contribution in [1.82, 2.24) is 0 Å². The molecule has 26 heavy (non-hydrogen) atoms. The number of aliphatic imine (C=N–C) groups is 1. The van der Waals surface area contributed by atoms with E-state index in [1.54, 1.807) is 37.3 Å². The number of aldehydes is 1. The van der Waals surface area contributed by atoms with Gasteiger partial charge >= 0.3 is 11.9 Å². The summed E-state index contributed by atoms with van der Waals surface area (Å²) in [6.07, 6.45) is 2.11. The molecule has 1 aliphatic heterocycles. The number of ether oxygens (including phenoxy) is 2. The van der Waals surface area contributed by atoms with E-state index in [9.17, 15) is 19.5 Å². The molecule has 0 aromatic heterocycles. The largest absolute Gasteiger partial charge is 0.489 e. The molecule has 0 aliphatic carbocycles. The van der Waals surface area contributed by atoms with Gasteiger partial charge in [0.05, 0.1) is 13.0 Å². The molecule has 0 radical (unpaired) electrons. The minimum atomic E-state index is -1.13. The molecule has 0 amide bonds. The molecule has 4 atom stereocenters. The van der Waals surface area contributed by atoms with Crippen LogP contribution in [0.15, 0.2) is 41.9 Å². The molecule has 1 aromatic rings. The number of carbonyl (C=O) groups is 3. The Morgan fingerprint density at radius 1 is 1.35 bits per heavy atom. The predicted molar refractivity (Wildman–Crippen MR) is 94.5 cm³/mol. The number of para-hydroxylation sites is 1. The number of carbonyl (C=O) groups excluding carboxylic acids is 2. The Morgan fingerprint density at radius 3 is 2.62 bits per heavy atom. The highest BCUT2D eigenvalue weighted by Crippen LogP contribution is 2.43. The van der Waals surface area contributed by atoms with Crippen molar-refractivity contribution in [2.75, 3.05) is 13.7 Å². The highest BCUT2D eigenvalue weighted by Gasteiger charge is 2.49. The number of nitrogens with zero attached hydrogens (tertiary/aromatic N) is 1. The van der Waals surface area contributed by atoms with Gasteiger partial charge in [-0.2, -0.15) is 0 Å². The molecule has 2 rings (SSSR count). The second-order valence-electron chi connectivity index (χ2n) is 5.93. The zero-order chi connectivity index (χ0) is 19.3. The van der Waals surface area contributed by atoms with Crippen molar-refractivity contribution < 1.29 is 29.0 Å².